The van der Waals surface area contributed by atoms with E-state index in [1.54, 1.807) is 7.11 Å². The molecule has 4 heteroatoms. The van der Waals surface area contributed by atoms with Gasteiger partial charge in [-0.1, -0.05) is 12.1 Å². The molecule has 90 valence electrons. The lowest BCUT2D eigenvalue weighted by molar-refractivity contribution is 0.102. The number of ether oxygens (including phenoxy) is 2. The van der Waals surface area contributed by atoms with E-state index in [4.69, 9.17) is 15.2 Å². The monoisotopic (exact) mass is 243 g/mol. The standard InChI is InChI=1S/C12H17NO2.ClH/c1-14-11-4-2-10(3-5-11)8-15-9-12(13)6-7-12;/h2-5H,6-9,13H2,1H3;1H. The zero-order valence-corrected chi connectivity index (χ0v) is 10.3. The molecule has 1 aromatic rings. The Balaban J connectivity index is 0.00000128. The first-order chi connectivity index (χ1) is 7.22. The van der Waals surface area contributed by atoms with Gasteiger partial charge in [0.15, 0.2) is 0 Å². The van der Waals surface area contributed by atoms with Gasteiger partial charge in [0, 0.05) is 5.54 Å². The summed E-state index contributed by atoms with van der Waals surface area (Å²) in [4.78, 5) is 0. The first kappa shape index (κ1) is 13.3. The molecule has 0 heterocycles. The van der Waals surface area contributed by atoms with Gasteiger partial charge < -0.3 is 15.2 Å². The van der Waals surface area contributed by atoms with Crippen molar-refractivity contribution in [3.05, 3.63) is 29.8 Å². The molecule has 3 nitrogen and oxygen atoms in total. The number of hydrogen-bond acceptors (Lipinski definition) is 3. The maximum atomic E-state index is 5.91. The molecule has 0 atom stereocenters. The predicted octanol–water partition coefficient (Wildman–Crippen LogP) is 2.12. The van der Waals surface area contributed by atoms with Gasteiger partial charge in [-0.2, -0.15) is 0 Å². The van der Waals surface area contributed by atoms with E-state index in [1.165, 1.54) is 0 Å². The summed E-state index contributed by atoms with van der Waals surface area (Å²) in [6, 6.07) is 7.89. The van der Waals surface area contributed by atoms with Crippen LogP contribution in [0.5, 0.6) is 5.75 Å². The van der Waals surface area contributed by atoms with Crippen LogP contribution in [0, 0.1) is 0 Å². The number of nitrogens with two attached hydrogens (primary N) is 1. The van der Waals surface area contributed by atoms with Gasteiger partial charge in [0.2, 0.25) is 0 Å². The van der Waals surface area contributed by atoms with Gasteiger partial charge in [-0.25, -0.2) is 0 Å². The minimum absolute atomic E-state index is 0. The van der Waals surface area contributed by atoms with E-state index in [-0.39, 0.29) is 17.9 Å². The molecule has 16 heavy (non-hydrogen) atoms. The molecule has 0 radical (unpaired) electrons. The molecule has 2 rings (SSSR count). The largest absolute Gasteiger partial charge is 0.497 e. The summed E-state index contributed by atoms with van der Waals surface area (Å²) in [5.41, 5.74) is 7.04. The van der Waals surface area contributed by atoms with E-state index in [2.05, 4.69) is 0 Å². The van der Waals surface area contributed by atoms with Crippen LogP contribution in [-0.2, 0) is 11.3 Å². The highest BCUT2D eigenvalue weighted by Gasteiger charge is 2.38. The zero-order chi connectivity index (χ0) is 10.7. The summed E-state index contributed by atoms with van der Waals surface area (Å²) < 4.78 is 10.6. The van der Waals surface area contributed by atoms with Crippen LogP contribution in [0.25, 0.3) is 0 Å². The molecule has 0 aromatic heterocycles. The molecule has 0 saturated heterocycles. The second-order valence-electron chi connectivity index (χ2n) is 4.20. The molecule has 0 amide bonds. The number of hydrogen-bond donors (Lipinski definition) is 1. The van der Waals surface area contributed by atoms with Crippen molar-refractivity contribution in [1.29, 1.82) is 0 Å². The van der Waals surface area contributed by atoms with Gasteiger partial charge >= 0.3 is 0 Å². The third kappa shape index (κ3) is 3.67. The van der Waals surface area contributed by atoms with E-state index in [0.29, 0.717) is 13.2 Å². The summed E-state index contributed by atoms with van der Waals surface area (Å²) in [6.45, 7) is 1.29. The molecule has 1 aromatic carbocycles. The van der Waals surface area contributed by atoms with E-state index >= 15 is 0 Å². The maximum Gasteiger partial charge on any atom is 0.118 e. The van der Waals surface area contributed by atoms with Crippen molar-refractivity contribution in [2.45, 2.75) is 25.0 Å². The van der Waals surface area contributed by atoms with Crippen LogP contribution in [0.15, 0.2) is 24.3 Å². The zero-order valence-electron chi connectivity index (χ0n) is 9.44. The molecule has 1 fully saturated rings. The molecule has 1 saturated carbocycles. The third-order valence-corrected chi connectivity index (χ3v) is 2.71. The van der Waals surface area contributed by atoms with Crippen molar-refractivity contribution in [3.63, 3.8) is 0 Å². The highest BCUT2D eigenvalue weighted by Crippen LogP contribution is 2.32. The second kappa shape index (κ2) is 5.53. The lowest BCUT2D eigenvalue weighted by Gasteiger charge is -2.09. The first-order valence-corrected chi connectivity index (χ1v) is 5.21. The van der Waals surface area contributed by atoms with Crippen molar-refractivity contribution in [1.82, 2.24) is 0 Å². The first-order valence-electron chi connectivity index (χ1n) is 5.21. The Morgan fingerprint density at radius 1 is 1.25 bits per heavy atom. The number of halogens is 1. The lowest BCUT2D eigenvalue weighted by Crippen LogP contribution is -2.27. The van der Waals surface area contributed by atoms with Crippen LogP contribution in [0.2, 0.25) is 0 Å². The van der Waals surface area contributed by atoms with Gasteiger partial charge in [0.25, 0.3) is 0 Å². The van der Waals surface area contributed by atoms with Crippen LogP contribution in [0.1, 0.15) is 18.4 Å². The molecule has 1 aliphatic rings. The highest BCUT2D eigenvalue weighted by molar-refractivity contribution is 5.85. The van der Waals surface area contributed by atoms with E-state index < -0.39 is 0 Å². The Morgan fingerprint density at radius 3 is 2.38 bits per heavy atom. The molecule has 0 spiro atoms. The summed E-state index contributed by atoms with van der Waals surface area (Å²) in [7, 11) is 1.66. The van der Waals surface area contributed by atoms with Crippen LogP contribution in [0.3, 0.4) is 0 Å². The summed E-state index contributed by atoms with van der Waals surface area (Å²) in [5, 5.41) is 0. The predicted molar refractivity (Wildman–Crippen MR) is 66.1 cm³/mol. The average molecular weight is 244 g/mol. The minimum atomic E-state index is -0.0214. The van der Waals surface area contributed by atoms with E-state index in [1.807, 2.05) is 24.3 Å². The summed E-state index contributed by atoms with van der Waals surface area (Å²) >= 11 is 0. The Labute approximate surface area is 102 Å². The topological polar surface area (TPSA) is 44.5 Å². The van der Waals surface area contributed by atoms with Gasteiger partial charge in [0.1, 0.15) is 5.75 Å². The quantitative estimate of drug-likeness (QED) is 0.862. The van der Waals surface area contributed by atoms with E-state index in [0.717, 1.165) is 24.2 Å². The number of benzene rings is 1. The Morgan fingerprint density at radius 2 is 1.88 bits per heavy atom. The molecule has 1 aliphatic carbocycles. The highest BCUT2D eigenvalue weighted by atomic mass is 35.5. The van der Waals surface area contributed by atoms with Crippen LogP contribution in [-0.4, -0.2) is 19.3 Å². The Hall–Kier alpha value is -0.770. The molecule has 0 bridgehead atoms. The lowest BCUT2D eigenvalue weighted by atomic mass is 10.2. The van der Waals surface area contributed by atoms with E-state index in [9.17, 15) is 0 Å². The molecule has 0 aliphatic heterocycles. The number of rotatable bonds is 5. The maximum absolute atomic E-state index is 5.91. The van der Waals surface area contributed by atoms with Crippen LogP contribution in [0.4, 0.5) is 0 Å². The Kier molecular flexibility index (Phi) is 4.59. The fourth-order valence-electron chi connectivity index (χ4n) is 1.40. The van der Waals surface area contributed by atoms with Crippen molar-refractivity contribution in [2.75, 3.05) is 13.7 Å². The van der Waals surface area contributed by atoms with Crippen molar-refractivity contribution in [3.8, 4) is 5.75 Å². The second-order valence-corrected chi connectivity index (χ2v) is 4.20. The van der Waals surface area contributed by atoms with Gasteiger partial charge in [-0.3, -0.25) is 0 Å². The fourth-order valence-corrected chi connectivity index (χ4v) is 1.40. The summed E-state index contributed by atoms with van der Waals surface area (Å²) in [6.07, 6.45) is 2.19. The third-order valence-electron chi connectivity index (χ3n) is 2.71. The normalized spacial score (nSPS) is 16.4. The fraction of sp³-hybridized carbons (Fsp3) is 0.500. The SMILES string of the molecule is COc1ccc(COCC2(N)CC2)cc1.Cl. The number of methoxy groups -OCH3 is 1. The van der Waals surface area contributed by atoms with Gasteiger partial charge in [-0.15, -0.1) is 12.4 Å². The Bertz CT molecular complexity index is 322. The molecular formula is C12H18ClNO2. The van der Waals surface area contributed by atoms with Gasteiger partial charge in [0.05, 0.1) is 20.3 Å². The molecule has 0 unspecified atom stereocenters. The van der Waals surface area contributed by atoms with Crippen LogP contribution >= 0.6 is 12.4 Å². The average Bonchev–Trinajstić information content (AvgIpc) is 2.98. The summed E-state index contributed by atoms with van der Waals surface area (Å²) in [5.74, 6) is 0.872. The van der Waals surface area contributed by atoms with Gasteiger partial charge in [-0.05, 0) is 30.5 Å². The van der Waals surface area contributed by atoms with Crippen molar-refractivity contribution >= 4 is 12.4 Å². The van der Waals surface area contributed by atoms with Crippen molar-refractivity contribution in [2.24, 2.45) is 5.73 Å². The molecule has 2 N–H and O–H groups in total. The smallest absolute Gasteiger partial charge is 0.118 e. The van der Waals surface area contributed by atoms with Crippen LogP contribution < -0.4 is 10.5 Å². The minimum Gasteiger partial charge on any atom is -0.497 e. The van der Waals surface area contributed by atoms with Crippen molar-refractivity contribution < 1.29 is 9.47 Å². The molecular weight excluding hydrogens is 226 g/mol.